The summed E-state index contributed by atoms with van der Waals surface area (Å²) in [4.78, 5) is 14.4. The number of amides is 1. The molecule has 0 aromatic heterocycles. The summed E-state index contributed by atoms with van der Waals surface area (Å²) in [5.41, 5.74) is 1.11. The molecule has 5 nitrogen and oxygen atoms in total. The number of hydrogen-bond acceptors (Lipinski definition) is 3. The average Bonchev–Trinajstić information content (AvgIpc) is 3.40. The zero-order chi connectivity index (χ0) is 18.2. The lowest BCUT2D eigenvalue weighted by molar-refractivity contribution is -0.132. The Bertz CT molecular complexity index is 731. The molecule has 2 fully saturated rings. The van der Waals surface area contributed by atoms with Crippen LogP contribution >= 0.6 is 0 Å². The van der Waals surface area contributed by atoms with E-state index in [0.717, 1.165) is 18.4 Å². The van der Waals surface area contributed by atoms with E-state index in [9.17, 15) is 13.2 Å². The molecule has 0 bridgehead atoms. The van der Waals surface area contributed by atoms with Crippen molar-refractivity contribution in [1.29, 1.82) is 0 Å². The third-order valence-electron chi connectivity index (χ3n) is 5.05. The summed E-state index contributed by atoms with van der Waals surface area (Å²) in [5.74, 6) is 0.391. The maximum Gasteiger partial charge on any atom is 0.243 e. The van der Waals surface area contributed by atoms with Gasteiger partial charge in [-0.25, -0.2) is 8.42 Å². The molecule has 2 aliphatic rings. The molecule has 1 saturated carbocycles. The molecule has 6 heteroatoms. The van der Waals surface area contributed by atoms with Gasteiger partial charge in [-0.05, 0) is 42.4 Å². The first-order valence-electron chi connectivity index (χ1n) is 9.09. The Morgan fingerprint density at radius 1 is 1.00 bits per heavy atom. The SMILES string of the molecule is CC(C)(C)c1ccc(S(=O)(=O)N2CCCN(C(=O)C3CC3)CC2)cc1. The smallest absolute Gasteiger partial charge is 0.243 e. The van der Waals surface area contributed by atoms with Crippen LogP contribution in [0, 0.1) is 5.92 Å². The van der Waals surface area contributed by atoms with Crippen molar-refractivity contribution in [1.82, 2.24) is 9.21 Å². The lowest BCUT2D eigenvalue weighted by Gasteiger charge is -2.23. The second-order valence-corrected chi connectivity index (χ2v) is 10.1. The number of nitrogens with zero attached hydrogens (tertiary/aromatic N) is 2. The van der Waals surface area contributed by atoms with Crippen LogP contribution in [0.3, 0.4) is 0 Å². The first-order valence-corrected chi connectivity index (χ1v) is 10.5. The van der Waals surface area contributed by atoms with E-state index in [1.165, 1.54) is 4.31 Å². The summed E-state index contributed by atoms with van der Waals surface area (Å²) < 4.78 is 27.4. The highest BCUT2D eigenvalue weighted by atomic mass is 32.2. The maximum absolute atomic E-state index is 12.9. The van der Waals surface area contributed by atoms with E-state index in [-0.39, 0.29) is 17.2 Å². The van der Waals surface area contributed by atoms with E-state index < -0.39 is 10.0 Å². The summed E-state index contributed by atoms with van der Waals surface area (Å²) in [6, 6.07) is 7.20. The summed E-state index contributed by atoms with van der Waals surface area (Å²) in [6.45, 7) is 8.32. The number of hydrogen-bond donors (Lipinski definition) is 0. The summed E-state index contributed by atoms with van der Waals surface area (Å²) in [5, 5.41) is 0. The quantitative estimate of drug-likeness (QED) is 0.828. The molecule has 1 aliphatic carbocycles. The number of rotatable bonds is 3. The Labute approximate surface area is 151 Å². The third-order valence-corrected chi connectivity index (χ3v) is 6.96. The fraction of sp³-hybridized carbons (Fsp3) is 0.632. The largest absolute Gasteiger partial charge is 0.341 e. The molecule has 1 aliphatic heterocycles. The molecule has 1 heterocycles. The van der Waals surface area contributed by atoms with Crippen molar-refractivity contribution in [3.8, 4) is 0 Å². The van der Waals surface area contributed by atoms with Crippen LogP contribution in [0.25, 0.3) is 0 Å². The number of sulfonamides is 1. The van der Waals surface area contributed by atoms with Gasteiger partial charge in [-0.2, -0.15) is 4.31 Å². The Morgan fingerprint density at radius 2 is 1.64 bits per heavy atom. The summed E-state index contributed by atoms with van der Waals surface area (Å²) >= 11 is 0. The van der Waals surface area contributed by atoms with E-state index in [0.29, 0.717) is 37.5 Å². The summed E-state index contributed by atoms with van der Waals surface area (Å²) in [7, 11) is -3.51. The van der Waals surface area contributed by atoms with E-state index in [2.05, 4.69) is 20.8 Å². The normalized spacial score (nSPS) is 20.4. The molecule has 0 unspecified atom stereocenters. The highest BCUT2D eigenvalue weighted by Crippen LogP contribution is 2.31. The monoisotopic (exact) mass is 364 g/mol. The van der Waals surface area contributed by atoms with Gasteiger partial charge < -0.3 is 4.90 Å². The van der Waals surface area contributed by atoms with Gasteiger partial charge in [-0.3, -0.25) is 4.79 Å². The predicted molar refractivity (Wildman–Crippen MR) is 97.8 cm³/mol. The first kappa shape index (κ1) is 18.4. The van der Waals surface area contributed by atoms with E-state index in [1.807, 2.05) is 17.0 Å². The van der Waals surface area contributed by atoms with Crippen LogP contribution in [-0.2, 0) is 20.2 Å². The van der Waals surface area contributed by atoms with E-state index >= 15 is 0 Å². The zero-order valence-electron chi connectivity index (χ0n) is 15.4. The maximum atomic E-state index is 12.9. The Morgan fingerprint density at radius 3 is 2.20 bits per heavy atom. The molecule has 0 N–H and O–H groups in total. The molecular weight excluding hydrogens is 336 g/mol. The highest BCUT2D eigenvalue weighted by molar-refractivity contribution is 7.89. The van der Waals surface area contributed by atoms with Crippen molar-refractivity contribution in [2.75, 3.05) is 26.2 Å². The van der Waals surface area contributed by atoms with Gasteiger partial charge in [0.1, 0.15) is 0 Å². The molecule has 1 aromatic rings. The van der Waals surface area contributed by atoms with Gasteiger partial charge in [0, 0.05) is 32.1 Å². The lowest BCUT2D eigenvalue weighted by atomic mass is 9.87. The van der Waals surface area contributed by atoms with Crippen molar-refractivity contribution in [3.63, 3.8) is 0 Å². The van der Waals surface area contributed by atoms with Gasteiger partial charge in [0.05, 0.1) is 4.90 Å². The minimum absolute atomic E-state index is 0.00539. The predicted octanol–water partition coefficient (Wildman–Crippen LogP) is 2.62. The molecule has 138 valence electrons. The Balaban J connectivity index is 1.72. The van der Waals surface area contributed by atoms with Crippen LogP contribution in [-0.4, -0.2) is 49.7 Å². The van der Waals surface area contributed by atoms with Gasteiger partial charge in [-0.1, -0.05) is 32.9 Å². The Kier molecular flexibility index (Phi) is 4.95. The minimum Gasteiger partial charge on any atom is -0.341 e. The van der Waals surface area contributed by atoms with Crippen molar-refractivity contribution in [2.45, 2.75) is 50.3 Å². The highest BCUT2D eigenvalue weighted by Gasteiger charge is 2.35. The average molecular weight is 365 g/mol. The zero-order valence-corrected chi connectivity index (χ0v) is 16.2. The van der Waals surface area contributed by atoms with Crippen molar-refractivity contribution < 1.29 is 13.2 Å². The van der Waals surface area contributed by atoms with Gasteiger partial charge in [0.25, 0.3) is 0 Å². The molecule has 0 spiro atoms. The molecule has 0 radical (unpaired) electrons. The molecule has 1 amide bonds. The van der Waals surface area contributed by atoms with Gasteiger partial charge in [0.15, 0.2) is 0 Å². The molecular formula is C19H28N2O3S. The van der Waals surface area contributed by atoms with Crippen LogP contribution in [0.5, 0.6) is 0 Å². The summed E-state index contributed by atoms with van der Waals surface area (Å²) in [6.07, 6.45) is 2.66. The van der Waals surface area contributed by atoms with Gasteiger partial charge >= 0.3 is 0 Å². The van der Waals surface area contributed by atoms with Crippen LogP contribution in [0.1, 0.15) is 45.6 Å². The van der Waals surface area contributed by atoms with E-state index in [4.69, 9.17) is 0 Å². The van der Waals surface area contributed by atoms with Crippen LogP contribution < -0.4 is 0 Å². The van der Waals surface area contributed by atoms with Gasteiger partial charge in [0.2, 0.25) is 15.9 Å². The van der Waals surface area contributed by atoms with E-state index in [1.54, 1.807) is 12.1 Å². The second-order valence-electron chi connectivity index (χ2n) is 8.13. The van der Waals surface area contributed by atoms with Crippen LogP contribution in [0.2, 0.25) is 0 Å². The van der Waals surface area contributed by atoms with Crippen LogP contribution in [0.15, 0.2) is 29.2 Å². The molecule has 25 heavy (non-hydrogen) atoms. The molecule has 1 saturated heterocycles. The molecule has 3 rings (SSSR count). The first-order chi connectivity index (χ1) is 11.7. The number of carbonyl (C=O) groups excluding carboxylic acids is 1. The second kappa shape index (κ2) is 6.72. The van der Waals surface area contributed by atoms with Crippen molar-refractivity contribution >= 4 is 15.9 Å². The van der Waals surface area contributed by atoms with Crippen molar-refractivity contribution in [2.24, 2.45) is 5.92 Å². The molecule has 0 atom stereocenters. The van der Waals surface area contributed by atoms with Crippen molar-refractivity contribution in [3.05, 3.63) is 29.8 Å². The number of carbonyl (C=O) groups is 1. The third kappa shape index (κ3) is 4.06. The molecule has 1 aromatic carbocycles. The number of benzene rings is 1. The fourth-order valence-corrected chi connectivity index (χ4v) is 4.69. The van der Waals surface area contributed by atoms with Crippen LogP contribution in [0.4, 0.5) is 0 Å². The van der Waals surface area contributed by atoms with Gasteiger partial charge in [-0.15, -0.1) is 0 Å². The Hall–Kier alpha value is -1.40. The topological polar surface area (TPSA) is 57.7 Å². The fourth-order valence-electron chi connectivity index (χ4n) is 3.22. The lowest BCUT2D eigenvalue weighted by Crippen LogP contribution is -2.37. The minimum atomic E-state index is -3.51. The standard InChI is InChI=1S/C19H28N2O3S/c1-19(2,3)16-7-9-17(10-8-16)25(23,24)21-12-4-11-20(13-14-21)18(22)15-5-6-15/h7-10,15H,4-6,11-14H2,1-3H3.